The van der Waals surface area contributed by atoms with Gasteiger partial charge in [0.25, 0.3) is 0 Å². The van der Waals surface area contributed by atoms with E-state index in [0.29, 0.717) is 13.0 Å². The van der Waals surface area contributed by atoms with Crippen LogP contribution in [0.2, 0.25) is 0 Å². The van der Waals surface area contributed by atoms with E-state index in [2.05, 4.69) is 15.3 Å². The maximum atomic E-state index is 12.8. The molecular formula is C14H14FN5O2. The van der Waals surface area contributed by atoms with Crippen LogP contribution in [0.3, 0.4) is 0 Å². The Labute approximate surface area is 125 Å². The van der Waals surface area contributed by atoms with E-state index in [1.807, 2.05) is 0 Å². The van der Waals surface area contributed by atoms with Gasteiger partial charge in [0.1, 0.15) is 5.82 Å². The smallest absolute Gasteiger partial charge is 0.311 e. The first-order valence-electron chi connectivity index (χ1n) is 6.47. The highest BCUT2D eigenvalue weighted by molar-refractivity contribution is 5.93. The average molecular weight is 303 g/mol. The van der Waals surface area contributed by atoms with Crippen molar-refractivity contribution < 1.29 is 9.31 Å². The van der Waals surface area contributed by atoms with Gasteiger partial charge in [0.2, 0.25) is 5.82 Å². The first-order valence-corrected chi connectivity index (χ1v) is 6.47. The molecule has 0 spiro atoms. The minimum atomic E-state index is -0.554. The van der Waals surface area contributed by atoms with Crippen LogP contribution in [-0.2, 0) is 6.42 Å². The molecule has 0 aliphatic carbocycles. The normalized spacial score (nSPS) is 11.2. The number of halogens is 1. The molecule has 0 unspecified atom stereocenters. The number of hydrogen-bond donors (Lipinski definition) is 2. The summed E-state index contributed by atoms with van der Waals surface area (Å²) in [6.45, 7) is 0.366. The molecule has 0 saturated carbocycles. The molecule has 114 valence electrons. The number of nitro groups is 1. The molecule has 0 aliphatic rings. The third kappa shape index (κ3) is 4.23. The van der Waals surface area contributed by atoms with Crippen molar-refractivity contribution in [2.24, 2.45) is 10.7 Å². The second-order valence-electron chi connectivity index (χ2n) is 4.40. The van der Waals surface area contributed by atoms with Gasteiger partial charge in [0.15, 0.2) is 5.96 Å². The maximum absolute atomic E-state index is 12.8. The van der Waals surface area contributed by atoms with Gasteiger partial charge in [0.05, 0.1) is 4.92 Å². The second-order valence-corrected chi connectivity index (χ2v) is 4.40. The van der Waals surface area contributed by atoms with Crippen molar-refractivity contribution >= 4 is 17.5 Å². The quantitative estimate of drug-likeness (QED) is 0.381. The van der Waals surface area contributed by atoms with Crippen molar-refractivity contribution in [2.75, 3.05) is 11.9 Å². The Kier molecular flexibility index (Phi) is 4.97. The Bertz CT molecular complexity index is 688. The van der Waals surface area contributed by atoms with Crippen LogP contribution in [0.25, 0.3) is 0 Å². The van der Waals surface area contributed by atoms with Crippen LogP contribution >= 0.6 is 0 Å². The molecule has 8 heteroatoms. The van der Waals surface area contributed by atoms with E-state index in [1.165, 1.54) is 30.5 Å². The van der Waals surface area contributed by atoms with Crippen LogP contribution in [0.5, 0.6) is 0 Å². The van der Waals surface area contributed by atoms with Crippen molar-refractivity contribution in [1.29, 1.82) is 0 Å². The Morgan fingerprint density at radius 1 is 1.36 bits per heavy atom. The van der Waals surface area contributed by atoms with E-state index >= 15 is 0 Å². The summed E-state index contributed by atoms with van der Waals surface area (Å²) in [5, 5.41) is 13.4. The first kappa shape index (κ1) is 15.4. The summed E-state index contributed by atoms with van der Waals surface area (Å²) in [6.07, 6.45) is 1.99. The standard InChI is InChI=1S/C14H14FN5O2/c15-11-5-3-10(4-6-11)7-9-18-14(16)19-13-12(20(21)22)2-1-8-17-13/h1-6,8H,7,9H2,(H3,16,17,18,19). The number of benzene rings is 1. The molecule has 0 aliphatic heterocycles. The van der Waals surface area contributed by atoms with E-state index in [-0.39, 0.29) is 23.3 Å². The lowest BCUT2D eigenvalue weighted by molar-refractivity contribution is -0.384. The Balaban J connectivity index is 1.96. The molecule has 0 fully saturated rings. The monoisotopic (exact) mass is 303 g/mol. The lowest BCUT2D eigenvalue weighted by Crippen LogP contribution is -2.24. The number of guanidine groups is 1. The largest absolute Gasteiger partial charge is 0.370 e. The molecule has 0 atom stereocenters. The summed E-state index contributed by atoms with van der Waals surface area (Å²) in [5.41, 5.74) is 6.42. The zero-order valence-electron chi connectivity index (χ0n) is 11.6. The maximum Gasteiger partial charge on any atom is 0.311 e. The summed E-state index contributed by atoms with van der Waals surface area (Å²) >= 11 is 0. The number of nitrogens with two attached hydrogens (primary N) is 1. The van der Waals surface area contributed by atoms with Gasteiger partial charge in [-0.25, -0.2) is 9.37 Å². The second kappa shape index (κ2) is 7.11. The van der Waals surface area contributed by atoms with Crippen LogP contribution in [0, 0.1) is 15.9 Å². The molecule has 0 radical (unpaired) electrons. The van der Waals surface area contributed by atoms with Gasteiger partial charge < -0.3 is 11.1 Å². The van der Waals surface area contributed by atoms with Gasteiger partial charge in [0, 0.05) is 18.8 Å². The van der Waals surface area contributed by atoms with Crippen molar-refractivity contribution in [1.82, 2.24) is 4.98 Å². The zero-order chi connectivity index (χ0) is 15.9. The van der Waals surface area contributed by atoms with Crippen molar-refractivity contribution in [3.63, 3.8) is 0 Å². The molecule has 2 rings (SSSR count). The van der Waals surface area contributed by atoms with Gasteiger partial charge in [-0.3, -0.25) is 15.1 Å². The average Bonchev–Trinajstić information content (AvgIpc) is 2.49. The fraction of sp³-hybridized carbons (Fsp3) is 0.143. The van der Waals surface area contributed by atoms with Crippen molar-refractivity contribution in [2.45, 2.75) is 6.42 Å². The Morgan fingerprint density at radius 3 is 2.77 bits per heavy atom. The van der Waals surface area contributed by atoms with Gasteiger partial charge in [-0.05, 0) is 30.2 Å². The van der Waals surface area contributed by atoms with Gasteiger partial charge in [-0.1, -0.05) is 12.1 Å². The Hall–Kier alpha value is -3.03. The molecule has 3 N–H and O–H groups in total. The number of nitrogens with one attached hydrogen (secondary N) is 1. The lowest BCUT2D eigenvalue weighted by atomic mass is 10.1. The van der Waals surface area contributed by atoms with Crippen molar-refractivity contribution in [3.8, 4) is 0 Å². The highest BCUT2D eigenvalue weighted by Crippen LogP contribution is 2.19. The summed E-state index contributed by atoms with van der Waals surface area (Å²) in [6, 6.07) is 8.86. The molecule has 0 amide bonds. The molecule has 0 bridgehead atoms. The molecule has 1 aromatic carbocycles. The van der Waals surface area contributed by atoms with Crippen LogP contribution < -0.4 is 11.1 Å². The van der Waals surface area contributed by atoms with Crippen molar-refractivity contribution in [3.05, 3.63) is 64.1 Å². The fourth-order valence-corrected chi connectivity index (χ4v) is 1.76. The molecule has 1 heterocycles. The SMILES string of the molecule is NC(=NCCc1ccc(F)cc1)Nc1ncccc1[N+](=O)[O-]. The van der Waals surface area contributed by atoms with E-state index in [9.17, 15) is 14.5 Å². The van der Waals surface area contributed by atoms with E-state index in [0.717, 1.165) is 5.56 Å². The Morgan fingerprint density at radius 2 is 2.09 bits per heavy atom. The van der Waals surface area contributed by atoms with E-state index in [4.69, 9.17) is 5.73 Å². The minimum Gasteiger partial charge on any atom is -0.370 e. The highest BCUT2D eigenvalue weighted by Gasteiger charge is 2.14. The topological polar surface area (TPSA) is 106 Å². The van der Waals surface area contributed by atoms with Crippen LogP contribution in [0.15, 0.2) is 47.6 Å². The number of aliphatic imine (C=N–C) groups is 1. The third-order valence-electron chi connectivity index (χ3n) is 2.83. The summed E-state index contributed by atoms with van der Waals surface area (Å²) < 4.78 is 12.8. The first-order chi connectivity index (χ1) is 10.6. The third-order valence-corrected chi connectivity index (χ3v) is 2.83. The molecule has 22 heavy (non-hydrogen) atoms. The van der Waals surface area contributed by atoms with E-state index in [1.54, 1.807) is 12.1 Å². The lowest BCUT2D eigenvalue weighted by Gasteiger charge is -2.05. The molecular weight excluding hydrogens is 289 g/mol. The number of aromatic nitrogens is 1. The van der Waals surface area contributed by atoms with Crippen LogP contribution in [-0.4, -0.2) is 22.4 Å². The summed E-state index contributed by atoms with van der Waals surface area (Å²) in [4.78, 5) is 18.2. The molecule has 7 nitrogen and oxygen atoms in total. The molecule has 1 aromatic heterocycles. The van der Waals surface area contributed by atoms with Gasteiger partial charge in [-0.15, -0.1) is 0 Å². The number of rotatable bonds is 5. The van der Waals surface area contributed by atoms with Gasteiger partial charge >= 0.3 is 5.69 Å². The fourth-order valence-electron chi connectivity index (χ4n) is 1.76. The summed E-state index contributed by atoms with van der Waals surface area (Å²) in [5.74, 6) is -0.227. The predicted molar refractivity (Wildman–Crippen MR) is 81.1 cm³/mol. The zero-order valence-corrected chi connectivity index (χ0v) is 11.6. The van der Waals surface area contributed by atoms with Gasteiger partial charge in [-0.2, -0.15) is 0 Å². The van der Waals surface area contributed by atoms with Crippen LogP contribution in [0.4, 0.5) is 15.9 Å². The number of nitrogens with zero attached hydrogens (tertiary/aromatic N) is 3. The molecule has 2 aromatic rings. The highest BCUT2D eigenvalue weighted by atomic mass is 19.1. The predicted octanol–water partition coefficient (Wildman–Crippen LogP) is 2.10. The van der Waals surface area contributed by atoms with E-state index < -0.39 is 4.92 Å². The number of pyridine rings is 1. The number of anilines is 1. The minimum absolute atomic E-state index is 0.0314. The van der Waals surface area contributed by atoms with Crippen LogP contribution in [0.1, 0.15) is 5.56 Å². The summed E-state index contributed by atoms with van der Waals surface area (Å²) in [7, 11) is 0. The number of hydrogen-bond acceptors (Lipinski definition) is 4. The molecule has 0 saturated heterocycles.